The van der Waals surface area contributed by atoms with Gasteiger partial charge in [0.15, 0.2) is 9.84 Å². The Bertz CT molecular complexity index is 978. The Hall–Kier alpha value is -2.06. The quantitative estimate of drug-likeness (QED) is 0.742. The minimum absolute atomic E-state index is 0.0261. The lowest BCUT2D eigenvalue weighted by atomic mass is 10.1. The Morgan fingerprint density at radius 3 is 2.59 bits per heavy atom. The lowest BCUT2D eigenvalue weighted by Crippen LogP contribution is -2.46. The molecule has 2 aromatic rings. The summed E-state index contributed by atoms with van der Waals surface area (Å²) >= 11 is 0. The van der Waals surface area contributed by atoms with Crippen LogP contribution in [0, 0.1) is 13.8 Å². The summed E-state index contributed by atoms with van der Waals surface area (Å²) in [4.78, 5) is 4.86. The van der Waals surface area contributed by atoms with Crippen molar-refractivity contribution >= 4 is 15.5 Å². The summed E-state index contributed by atoms with van der Waals surface area (Å²) in [6.45, 7) is 8.88. The molecule has 0 saturated carbocycles. The van der Waals surface area contributed by atoms with Crippen LogP contribution in [0.4, 0.5) is 5.69 Å². The fourth-order valence-corrected chi connectivity index (χ4v) is 6.29. The van der Waals surface area contributed by atoms with Gasteiger partial charge in [-0.1, -0.05) is 12.1 Å². The molecule has 1 aromatic carbocycles. The summed E-state index contributed by atoms with van der Waals surface area (Å²) in [7, 11) is -1.22. The smallest absolute Gasteiger partial charge is 0.152 e. The summed E-state index contributed by atoms with van der Waals surface area (Å²) in [5.74, 6) is 1.38. The van der Waals surface area contributed by atoms with E-state index in [4.69, 9.17) is 9.84 Å². The number of nitrogens with zero attached hydrogens (tertiary/aromatic N) is 4. The van der Waals surface area contributed by atoms with Crippen molar-refractivity contribution in [1.82, 2.24) is 14.7 Å². The van der Waals surface area contributed by atoms with E-state index < -0.39 is 9.84 Å². The van der Waals surface area contributed by atoms with Crippen molar-refractivity contribution < 1.29 is 13.2 Å². The predicted octanol–water partition coefficient (Wildman–Crippen LogP) is 2.19. The lowest BCUT2D eigenvalue weighted by Gasteiger charge is -2.36. The molecule has 2 saturated heterocycles. The van der Waals surface area contributed by atoms with E-state index in [0.717, 1.165) is 49.9 Å². The molecule has 3 heterocycles. The fraction of sp³-hybridized carbons (Fsp3) is 0.571. The van der Waals surface area contributed by atoms with Gasteiger partial charge in [0.2, 0.25) is 0 Å². The third-order valence-electron chi connectivity index (χ3n) is 6.07. The number of rotatable bonds is 5. The highest BCUT2D eigenvalue weighted by Crippen LogP contribution is 2.31. The van der Waals surface area contributed by atoms with E-state index in [-0.39, 0.29) is 17.5 Å². The minimum Gasteiger partial charge on any atom is -0.497 e. The number of hydrogen-bond donors (Lipinski definition) is 0. The van der Waals surface area contributed by atoms with Gasteiger partial charge in [0.1, 0.15) is 5.75 Å². The molecule has 158 valence electrons. The number of benzene rings is 1. The Kier molecular flexibility index (Phi) is 5.57. The molecule has 29 heavy (non-hydrogen) atoms. The first-order valence-electron chi connectivity index (χ1n) is 10.2. The molecule has 2 aliphatic heterocycles. The molecule has 1 atom stereocenters. The van der Waals surface area contributed by atoms with Crippen LogP contribution in [0.2, 0.25) is 0 Å². The van der Waals surface area contributed by atoms with Crippen LogP contribution in [0.15, 0.2) is 24.3 Å². The van der Waals surface area contributed by atoms with Gasteiger partial charge in [-0.25, -0.2) is 8.42 Å². The molecule has 4 rings (SSSR count). The molecular weight excluding hydrogens is 388 g/mol. The first-order chi connectivity index (χ1) is 13.9. The third-order valence-corrected chi connectivity index (χ3v) is 7.82. The first kappa shape index (κ1) is 20.2. The van der Waals surface area contributed by atoms with Crippen LogP contribution in [0.5, 0.6) is 5.75 Å². The predicted molar refractivity (Wildman–Crippen MR) is 114 cm³/mol. The second kappa shape index (κ2) is 7.99. The van der Waals surface area contributed by atoms with Gasteiger partial charge in [-0.05, 0) is 38.0 Å². The molecule has 0 amide bonds. The standard InChI is InChI=1S/C21H30N4O3S/c1-16-21(17(2)25(22-16)19-7-12-29(26,27)15-19)24-10-8-23(9-11-24)14-18-5-4-6-20(13-18)28-3/h4-6,13,19H,7-12,14-15H2,1-3H3. The van der Waals surface area contributed by atoms with Gasteiger partial charge in [0.25, 0.3) is 0 Å². The van der Waals surface area contributed by atoms with Crippen LogP contribution in [0.3, 0.4) is 0 Å². The largest absolute Gasteiger partial charge is 0.497 e. The van der Waals surface area contributed by atoms with Crippen molar-refractivity contribution in [2.45, 2.75) is 32.9 Å². The molecule has 0 radical (unpaired) electrons. The number of aryl methyl sites for hydroxylation is 1. The van der Waals surface area contributed by atoms with Gasteiger partial charge in [-0.2, -0.15) is 5.10 Å². The normalized spacial score (nSPS) is 22.2. The van der Waals surface area contributed by atoms with Gasteiger partial charge in [-0.3, -0.25) is 9.58 Å². The average Bonchev–Trinajstić information content (AvgIpc) is 3.21. The van der Waals surface area contributed by atoms with Crippen molar-refractivity contribution in [3.05, 3.63) is 41.2 Å². The maximum atomic E-state index is 11.9. The average molecular weight is 419 g/mol. The number of piperazine rings is 1. The second-order valence-electron chi connectivity index (χ2n) is 8.14. The van der Waals surface area contributed by atoms with Crippen molar-refractivity contribution in [2.75, 3.05) is 49.7 Å². The van der Waals surface area contributed by atoms with E-state index >= 15 is 0 Å². The summed E-state index contributed by atoms with van der Waals surface area (Å²) in [6.07, 6.45) is 0.665. The highest BCUT2D eigenvalue weighted by molar-refractivity contribution is 7.91. The minimum atomic E-state index is -2.92. The van der Waals surface area contributed by atoms with E-state index in [2.05, 4.69) is 28.9 Å². The maximum absolute atomic E-state index is 11.9. The Balaban J connectivity index is 1.42. The molecule has 2 fully saturated rings. The summed E-state index contributed by atoms with van der Waals surface area (Å²) < 4.78 is 31.0. The van der Waals surface area contributed by atoms with Crippen molar-refractivity contribution in [3.63, 3.8) is 0 Å². The number of ether oxygens (including phenoxy) is 1. The number of aromatic nitrogens is 2. The number of methoxy groups -OCH3 is 1. The van der Waals surface area contributed by atoms with E-state index in [1.807, 2.05) is 23.7 Å². The van der Waals surface area contributed by atoms with Crippen molar-refractivity contribution in [1.29, 1.82) is 0 Å². The second-order valence-corrected chi connectivity index (χ2v) is 10.4. The SMILES string of the molecule is COc1cccc(CN2CCN(c3c(C)nn(C4CCS(=O)(=O)C4)c3C)CC2)c1. The zero-order chi connectivity index (χ0) is 20.6. The zero-order valence-corrected chi connectivity index (χ0v) is 18.3. The molecule has 0 N–H and O–H groups in total. The molecule has 8 heteroatoms. The van der Waals surface area contributed by atoms with Crippen LogP contribution in [-0.4, -0.2) is 67.9 Å². The zero-order valence-electron chi connectivity index (χ0n) is 17.5. The Morgan fingerprint density at radius 1 is 1.17 bits per heavy atom. The number of anilines is 1. The van der Waals surface area contributed by atoms with Crippen LogP contribution in [-0.2, 0) is 16.4 Å². The monoisotopic (exact) mass is 418 g/mol. The van der Waals surface area contributed by atoms with Crippen LogP contribution in [0.25, 0.3) is 0 Å². The number of sulfone groups is 1. The molecule has 0 aliphatic carbocycles. The van der Waals surface area contributed by atoms with Crippen molar-refractivity contribution in [2.24, 2.45) is 0 Å². The first-order valence-corrected chi connectivity index (χ1v) is 12.0. The molecule has 2 aliphatic rings. The fourth-order valence-electron chi connectivity index (χ4n) is 4.59. The highest BCUT2D eigenvalue weighted by Gasteiger charge is 2.32. The van der Waals surface area contributed by atoms with Crippen LogP contribution >= 0.6 is 0 Å². The molecule has 7 nitrogen and oxygen atoms in total. The van der Waals surface area contributed by atoms with E-state index in [0.29, 0.717) is 6.42 Å². The topological polar surface area (TPSA) is 67.7 Å². The summed E-state index contributed by atoms with van der Waals surface area (Å²) in [6, 6.07) is 8.22. The van der Waals surface area contributed by atoms with E-state index in [9.17, 15) is 8.42 Å². The molecule has 1 aromatic heterocycles. The Labute approximate surface area is 173 Å². The van der Waals surface area contributed by atoms with E-state index in [1.165, 1.54) is 11.3 Å². The van der Waals surface area contributed by atoms with Gasteiger partial charge < -0.3 is 9.64 Å². The van der Waals surface area contributed by atoms with E-state index in [1.54, 1.807) is 7.11 Å². The Morgan fingerprint density at radius 2 is 1.93 bits per heavy atom. The van der Waals surface area contributed by atoms with Gasteiger partial charge in [0, 0.05) is 32.7 Å². The lowest BCUT2D eigenvalue weighted by molar-refractivity contribution is 0.249. The van der Waals surface area contributed by atoms with Crippen molar-refractivity contribution in [3.8, 4) is 5.75 Å². The number of hydrogen-bond acceptors (Lipinski definition) is 6. The van der Waals surface area contributed by atoms with Gasteiger partial charge >= 0.3 is 0 Å². The van der Waals surface area contributed by atoms with Gasteiger partial charge in [0.05, 0.1) is 41.7 Å². The molecule has 0 spiro atoms. The highest BCUT2D eigenvalue weighted by atomic mass is 32.2. The summed E-state index contributed by atoms with van der Waals surface area (Å²) in [5.41, 5.74) is 4.52. The molecule has 1 unspecified atom stereocenters. The molecule has 0 bridgehead atoms. The third kappa shape index (κ3) is 4.28. The maximum Gasteiger partial charge on any atom is 0.152 e. The van der Waals surface area contributed by atoms with Crippen LogP contribution < -0.4 is 9.64 Å². The van der Waals surface area contributed by atoms with Gasteiger partial charge in [-0.15, -0.1) is 0 Å². The summed E-state index contributed by atoms with van der Waals surface area (Å²) in [5, 5.41) is 4.72. The van der Waals surface area contributed by atoms with Crippen LogP contribution in [0.1, 0.15) is 29.4 Å². The molecular formula is C21H30N4O3S.